The highest BCUT2D eigenvalue weighted by Gasteiger charge is 2.21. The largest absolute Gasteiger partial charge is 0.495 e. The number of hydrogen-bond donors (Lipinski definition) is 2. The van der Waals surface area contributed by atoms with Crippen LogP contribution >= 0.6 is 11.8 Å². The molecule has 0 radical (unpaired) electrons. The molecule has 37 heavy (non-hydrogen) atoms. The zero-order valence-electron chi connectivity index (χ0n) is 20.7. The zero-order valence-corrected chi connectivity index (χ0v) is 21.5. The molecule has 0 spiro atoms. The van der Waals surface area contributed by atoms with Crippen LogP contribution in [0, 0.1) is 5.82 Å². The predicted octanol–water partition coefficient (Wildman–Crippen LogP) is 5.05. The Bertz CT molecular complexity index is 1380. The minimum absolute atomic E-state index is 0.289. The summed E-state index contributed by atoms with van der Waals surface area (Å²) in [5, 5.41) is 16.4. The fourth-order valence-electron chi connectivity index (χ4n) is 3.49. The molecule has 0 aliphatic heterocycles. The molecule has 0 saturated carbocycles. The van der Waals surface area contributed by atoms with Crippen LogP contribution in [0.1, 0.15) is 25.2 Å². The van der Waals surface area contributed by atoms with Gasteiger partial charge in [0.15, 0.2) is 11.0 Å². The fourth-order valence-corrected chi connectivity index (χ4v) is 4.37. The van der Waals surface area contributed by atoms with Crippen LogP contribution in [0.15, 0.2) is 89.1 Å². The number of hydrogen-bond acceptors (Lipinski definition) is 7. The quantitative estimate of drug-likeness (QED) is 0.173. The summed E-state index contributed by atoms with van der Waals surface area (Å²) < 4.78 is 20.5. The van der Waals surface area contributed by atoms with Gasteiger partial charge in [-0.3, -0.25) is 9.36 Å². The summed E-state index contributed by atoms with van der Waals surface area (Å²) in [7, 11) is 1.62. The van der Waals surface area contributed by atoms with Crippen LogP contribution in [-0.2, 0) is 11.3 Å². The van der Waals surface area contributed by atoms with Crippen LogP contribution in [0.4, 0.5) is 10.1 Å². The molecule has 0 fully saturated rings. The minimum atomic E-state index is -0.508. The number of nitrogens with zero attached hydrogens (tertiary/aromatic N) is 4. The van der Waals surface area contributed by atoms with Gasteiger partial charge in [0.2, 0.25) is 0 Å². The molecular formula is C27H27FN6O2S. The zero-order chi connectivity index (χ0) is 26.2. The molecule has 10 heteroatoms. The molecule has 0 saturated heterocycles. The Morgan fingerprint density at radius 1 is 1.05 bits per heavy atom. The average molecular weight is 519 g/mol. The van der Waals surface area contributed by atoms with Gasteiger partial charge in [0.05, 0.1) is 30.3 Å². The van der Waals surface area contributed by atoms with E-state index in [4.69, 9.17) is 4.74 Å². The monoisotopic (exact) mass is 518 g/mol. The van der Waals surface area contributed by atoms with Gasteiger partial charge in [-0.25, -0.2) is 9.82 Å². The molecule has 4 aromatic rings. The van der Waals surface area contributed by atoms with E-state index in [1.165, 1.54) is 23.9 Å². The molecule has 1 unspecified atom stereocenters. The van der Waals surface area contributed by atoms with Gasteiger partial charge >= 0.3 is 0 Å². The van der Waals surface area contributed by atoms with Crippen molar-refractivity contribution in [1.29, 1.82) is 0 Å². The van der Waals surface area contributed by atoms with E-state index in [9.17, 15) is 9.18 Å². The highest BCUT2D eigenvalue weighted by atomic mass is 32.2. The maximum absolute atomic E-state index is 13.2. The normalized spacial score (nSPS) is 12.2. The summed E-state index contributed by atoms with van der Waals surface area (Å²) >= 11 is 1.28. The van der Waals surface area contributed by atoms with E-state index in [-0.39, 0.29) is 11.7 Å². The highest BCUT2D eigenvalue weighted by molar-refractivity contribution is 8.00. The van der Waals surface area contributed by atoms with E-state index >= 15 is 0 Å². The number of benzene rings is 3. The second kappa shape index (κ2) is 12.2. The van der Waals surface area contributed by atoms with Gasteiger partial charge in [-0.2, -0.15) is 5.10 Å². The molecule has 1 heterocycles. The number of anilines is 1. The number of thioether (sulfide) groups is 1. The lowest BCUT2D eigenvalue weighted by molar-refractivity contribution is -0.120. The summed E-state index contributed by atoms with van der Waals surface area (Å²) in [4.78, 5) is 12.8. The number of hydrazone groups is 1. The summed E-state index contributed by atoms with van der Waals surface area (Å²) in [6.45, 7) is 3.92. The van der Waals surface area contributed by atoms with E-state index in [1.54, 1.807) is 33.1 Å². The molecular weight excluding hydrogens is 491 g/mol. The lowest BCUT2D eigenvalue weighted by atomic mass is 10.1. The maximum atomic E-state index is 13.2. The van der Waals surface area contributed by atoms with Crippen LogP contribution in [0.5, 0.6) is 5.75 Å². The van der Waals surface area contributed by atoms with E-state index in [0.717, 1.165) is 22.7 Å². The number of ether oxygens (including phenoxy) is 1. The molecule has 1 atom stereocenters. The van der Waals surface area contributed by atoms with Crippen LogP contribution in [0.25, 0.3) is 5.69 Å². The van der Waals surface area contributed by atoms with Crippen LogP contribution in [0.3, 0.4) is 0 Å². The molecule has 4 rings (SSSR count). The van der Waals surface area contributed by atoms with Gasteiger partial charge in [0.25, 0.3) is 5.91 Å². The van der Waals surface area contributed by atoms with Crippen molar-refractivity contribution in [2.75, 3.05) is 12.4 Å². The van der Waals surface area contributed by atoms with Crippen molar-refractivity contribution in [3.8, 4) is 11.4 Å². The number of rotatable bonds is 10. The van der Waals surface area contributed by atoms with Crippen molar-refractivity contribution < 1.29 is 13.9 Å². The number of nitrogens with one attached hydrogen (secondary N) is 2. The first-order valence-electron chi connectivity index (χ1n) is 11.6. The third kappa shape index (κ3) is 6.53. The Morgan fingerprint density at radius 2 is 1.76 bits per heavy atom. The van der Waals surface area contributed by atoms with Crippen molar-refractivity contribution in [1.82, 2.24) is 20.2 Å². The molecule has 190 valence electrons. The van der Waals surface area contributed by atoms with Crippen molar-refractivity contribution >= 4 is 29.1 Å². The topological polar surface area (TPSA) is 93.4 Å². The highest BCUT2D eigenvalue weighted by Crippen LogP contribution is 2.28. The predicted molar refractivity (Wildman–Crippen MR) is 144 cm³/mol. The van der Waals surface area contributed by atoms with Crippen LogP contribution in [-0.4, -0.2) is 38.7 Å². The third-order valence-corrected chi connectivity index (χ3v) is 6.55. The Balaban J connectivity index is 1.50. The molecule has 0 bridgehead atoms. The molecule has 3 aromatic carbocycles. The number of para-hydroxylation sites is 3. The lowest BCUT2D eigenvalue weighted by Gasteiger charge is -2.14. The van der Waals surface area contributed by atoms with E-state index in [0.29, 0.717) is 23.2 Å². The average Bonchev–Trinajstić information content (AvgIpc) is 3.33. The molecule has 1 aromatic heterocycles. The van der Waals surface area contributed by atoms with Crippen molar-refractivity contribution in [2.45, 2.75) is 30.8 Å². The first-order chi connectivity index (χ1) is 18.0. The number of methoxy groups -OCH3 is 1. The number of aromatic nitrogens is 3. The molecule has 1 amide bonds. The molecule has 0 aliphatic rings. The van der Waals surface area contributed by atoms with Crippen molar-refractivity contribution in [3.05, 3.63) is 96.1 Å². The van der Waals surface area contributed by atoms with Gasteiger partial charge < -0.3 is 10.1 Å². The molecule has 2 N–H and O–H groups in total. The smallest absolute Gasteiger partial charge is 0.253 e. The summed E-state index contributed by atoms with van der Waals surface area (Å²) in [5.74, 6) is 0.787. The maximum Gasteiger partial charge on any atom is 0.253 e. The second-order valence-corrected chi connectivity index (χ2v) is 9.37. The Morgan fingerprint density at radius 3 is 2.49 bits per heavy atom. The lowest BCUT2D eigenvalue weighted by Crippen LogP contribution is -2.28. The van der Waals surface area contributed by atoms with E-state index in [2.05, 4.69) is 26.0 Å². The van der Waals surface area contributed by atoms with Crippen LogP contribution in [0.2, 0.25) is 0 Å². The number of carbonyl (C=O) groups excluding carboxylic acids is 1. The number of carbonyl (C=O) groups is 1. The first kappa shape index (κ1) is 25.9. The first-order valence-corrected chi connectivity index (χ1v) is 12.5. The Hall–Kier alpha value is -4.18. The van der Waals surface area contributed by atoms with Gasteiger partial charge in [-0.05, 0) is 55.8 Å². The van der Waals surface area contributed by atoms with Crippen LogP contribution < -0.4 is 15.5 Å². The minimum Gasteiger partial charge on any atom is -0.495 e. The molecule has 8 nitrogen and oxygen atoms in total. The van der Waals surface area contributed by atoms with Gasteiger partial charge in [0.1, 0.15) is 11.6 Å². The van der Waals surface area contributed by atoms with Gasteiger partial charge in [-0.1, -0.05) is 54.2 Å². The Kier molecular flexibility index (Phi) is 8.52. The standard InChI is InChI=1S/C27H27FN6O2S/c1-18(20-13-15-21(28)16-14-20)30-32-26(35)19(2)37-27-33-31-25(34(27)22-9-5-4-6-10-22)17-29-23-11-7-8-12-24(23)36-3/h4-16,19,29H,17H2,1-3H3,(H,32,35). The van der Waals surface area contributed by atoms with Gasteiger partial charge in [0, 0.05) is 5.69 Å². The van der Waals surface area contributed by atoms with E-state index < -0.39 is 5.25 Å². The summed E-state index contributed by atoms with van der Waals surface area (Å²) in [6, 6.07) is 23.3. The Labute approximate surface area is 219 Å². The number of amides is 1. The van der Waals surface area contributed by atoms with Crippen molar-refractivity contribution in [2.24, 2.45) is 5.10 Å². The molecule has 0 aliphatic carbocycles. The summed E-state index contributed by atoms with van der Waals surface area (Å²) in [6.07, 6.45) is 0. The fraction of sp³-hybridized carbons (Fsp3) is 0.185. The third-order valence-electron chi connectivity index (χ3n) is 5.51. The number of halogens is 1. The SMILES string of the molecule is COc1ccccc1NCc1nnc(SC(C)C(=O)NN=C(C)c2ccc(F)cc2)n1-c1ccccc1. The van der Waals surface area contributed by atoms with Gasteiger partial charge in [-0.15, -0.1) is 10.2 Å². The summed E-state index contributed by atoms with van der Waals surface area (Å²) in [5.41, 5.74) is 5.60. The second-order valence-electron chi connectivity index (χ2n) is 8.06. The van der Waals surface area contributed by atoms with E-state index in [1.807, 2.05) is 59.2 Å². The van der Waals surface area contributed by atoms with Crippen molar-refractivity contribution in [3.63, 3.8) is 0 Å².